The largest absolute Gasteiger partial charge is 0.289 e. The zero-order chi connectivity index (χ0) is 10.7. The lowest BCUT2D eigenvalue weighted by Crippen LogP contribution is -2.01. The van der Waals surface area contributed by atoms with Gasteiger partial charge in [0.05, 0.1) is 0 Å². The van der Waals surface area contributed by atoms with Crippen molar-refractivity contribution in [3.63, 3.8) is 0 Å². The third-order valence-electron chi connectivity index (χ3n) is 2.59. The van der Waals surface area contributed by atoms with Gasteiger partial charge in [-0.3, -0.25) is 4.79 Å². The Balaban J connectivity index is 2.82. The van der Waals surface area contributed by atoms with Gasteiger partial charge < -0.3 is 0 Å². The van der Waals surface area contributed by atoms with E-state index in [0.717, 1.165) is 18.4 Å². The highest BCUT2D eigenvalue weighted by atomic mass is 19.1. The van der Waals surface area contributed by atoms with Gasteiger partial charge in [-0.15, -0.1) is 0 Å². The van der Waals surface area contributed by atoms with Gasteiger partial charge in [-0.25, -0.2) is 4.39 Å². The summed E-state index contributed by atoms with van der Waals surface area (Å²) in [6.45, 7) is 5.77. The van der Waals surface area contributed by atoms with E-state index in [9.17, 15) is 9.18 Å². The van der Waals surface area contributed by atoms with Gasteiger partial charge in [0.15, 0.2) is 5.78 Å². The average Bonchev–Trinajstić information content (AvgIpc) is 2.40. The van der Waals surface area contributed by atoms with Crippen LogP contribution in [0.25, 0.3) is 0 Å². The molecule has 0 amide bonds. The first-order chi connectivity index (χ1) is 6.57. The first-order valence-corrected chi connectivity index (χ1v) is 5.16. The quantitative estimate of drug-likeness (QED) is 0.629. The van der Waals surface area contributed by atoms with E-state index in [4.69, 9.17) is 0 Å². The van der Waals surface area contributed by atoms with Gasteiger partial charge in [0, 0.05) is 17.6 Å². The Labute approximate surface area is 84.7 Å². The molecule has 0 aromatic heterocycles. The Bertz CT molecular complexity index is 306. The predicted octanol–water partition coefficient (Wildman–Crippen LogP) is 3.71. The fourth-order valence-electron chi connectivity index (χ4n) is 1.65. The number of hydrogen-bond donors (Lipinski definition) is 0. The minimum atomic E-state index is -0.209. The first kappa shape index (κ1) is 11.2. The number of rotatable bonds is 3. The van der Waals surface area contributed by atoms with Crippen molar-refractivity contribution in [2.75, 3.05) is 0 Å². The van der Waals surface area contributed by atoms with Crippen molar-refractivity contribution in [1.82, 2.24) is 0 Å². The molecule has 0 saturated carbocycles. The smallest absolute Gasteiger partial charge is 0.187 e. The topological polar surface area (TPSA) is 17.1 Å². The van der Waals surface area contributed by atoms with Crippen molar-refractivity contribution < 1.29 is 9.18 Å². The SMILES string of the molecule is CCCCC1=C(F)CC(=C(C)C)C1=O. The van der Waals surface area contributed by atoms with Gasteiger partial charge in [0.1, 0.15) is 5.83 Å². The summed E-state index contributed by atoms with van der Waals surface area (Å²) in [5.41, 5.74) is 2.02. The van der Waals surface area contributed by atoms with Gasteiger partial charge in [0.25, 0.3) is 0 Å². The third-order valence-corrected chi connectivity index (χ3v) is 2.59. The van der Waals surface area contributed by atoms with Gasteiger partial charge >= 0.3 is 0 Å². The van der Waals surface area contributed by atoms with Crippen LogP contribution in [-0.4, -0.2) is 5.78 Å². The fourth-order valence-corrected chi connectivity index (χ4v) is 1.65. The number of carbonyl (C=O) groups is 1. The number of halogens is 1. The normalized spacial score (nSPS) is 16.9. The van der Waals surface area contributed by atoms with Crippen LogP contribution in [0.5, 0.6) is 0 Å². The highest BCUT2D eigenvalue weighted by molar-refractivity contribution is 6.11. The van der Waals surface area contributed by atoms with Gasteiger partial charge in [-0.2, -0.15) is 0 Å². The molecule has 14 heavy (non-hydrogen) atoms. The molecule has 0 radical (unpaired) electrons. The molecular weight excluding hydrogens is 179 g/mol. The molecule has 0 bridgehead atoms. The maximum atomic E-state index is 13.4. The molecular formula is C12H17FO. The Morgan fingerprint density at radius 2 is 2.07 bits per heavy atom. The molecule has 1 rings (SSSR count). The van der Waals surface area contributed by atoms with Crippen molar-refractivity contribution in [2.24, 2.45) is 0 Å². The van der Waals surface area contributed by atoms with E-state index in [0.29, 0.717) is 17.6 Å². The summed E-state index contributed by atoms with van der Waals surface area (Å²) in [7, 11) is 0. The lowest BCUT2D eigenvalue weighted by molar-refractivity contribution is -0.112. The zero-order valence-corrected chi connectivity index (χ0v) is 9.11. The van der Waals surface area contributed by atoms with Crippen LogP contribution in [0.15, 0.2) is 22.5 Å². The van der Waals surface area contributed by atoms with Gasteiger partial charge in [-0.1, -0.05) is 18.9 Å². The summed E-state index contributed by atoms with van der Waals surface area (Å²) in [5, 5.41) is 0. The van der Waals surface area contributed by atoms with Crippen molar-refractivity contribution in [3.8, 4) is 0 Å². The van der Waals surface area contributed by atoms with Crippen molar-refractivity contribution in [3.05, 3.63) is 22.5 Å². The van der Waals surface area contributed by atoms with E-state index in [-0.39, 0.29) is 18.0 Å². The van der Waals surface area contributed by atoms with Crippen LogP contribution < -0.4 is 0 Å². The number of ketones is 1. The van der Waals surface area contributed by atoms with E-state index < -0.39 is 0 Å². The van der Waals surface area contributed by atoms with Gasteiger partial charge in [-0.05, 0) is 26.7 Å². The molecule has 0 saturated heterocycles. The van der Waals surface area contributed by atoms with E-state index in [2.05, 4.69) is 0 Å². The molecule has 0 heterocycles. The lowest BCUT2D eigenvalue weighted by Gasteiger charge is -2.00. The highest BCUT2D eigenvalue weighted by Crippen LogP contribution is 2.33. The maximum absolute atomic E-state index is 13.4. The molecule has 0 fully saturated rings. The molecule has 0 atom stereocenters. The lowest BCUT2D eigenvalue weighted by atomic mass is 10.0. The Morgan fingerprint density at radius 3 is 2.50 bits per heavy atom. The molecule has 0 aromatic rings. The second kappa shape index (κ2) is 4.54. The van der Waals surface area contributed by atoms with Crippen LogP contribution in [-0.2, 0) is 4.79 Å². The summed E-state index contributed by atoms with van der Waals surface area (Å²) >= 11 is 0. The summed E-state index contributed by atoms with van der Waals surface area (Å²) in [6, 6.07) is 0. The molecule has 1 aliphatic rings. The molecule has 0 aromatic carbocycles. The molecule has 1 nitrogen and oxygen atoms in total. The maximum Gasteiger partial charge on any atom is 0.187 e. The molecule has 1 aliphatic carbocycles. The number of Topliss-reactive ketones (excluding diaryl/α,β-unsaturated/α-hetero) is 1. The second-order valence-electron chi connectivity index (χ2n) is 3.97. The van der Waals surface area contributed by atoms with Crippen molar-refractivity contribution in [2.45, 2.75) is 46.5 Å². The molecule has 2 heteroatoms. The van der Waals surface area contributed by atoms with E-state index >= 15 is 0 Å². The molecule has 0 unspecified atom stereocenters. The van der Waals surface area contributed by atoms with Crippen LogP contribution >= 0.6 is 0 Å². The Kier molecular flexibility index (Phi) is 3.62. The first-order valence-electron chi connectivity index (χ1n) is 5.16. The summed E-state index contributed by atoms with van der Waals surface area (Å²) in [6.07, 6.45) is 2.71. The summed E-state index contributed by atoms with van der Waals surface area (Å²) in [5.74, 6) is -0.268. The van der Waals surface area contributed by atoms with Crippen LogP contribution in [0.1, 0.15) is 46.5 Å². The monoisotopic (exact) mass is 196 g/mol. The van der Waals surface area contributed by atoms with Crippen LogP contribution in [0.2, 0.25) is 0 Å². The fraction of sp³-hybridized carbons (Fsp3) is 0.583. The van der Waals surface area contributed by atoms with E-state index in [1.165, 1.54) is 0 Å². The second-order valence-corrected chi connectivity index (χ2v) is 3.97. The summed E-state index contributed by atoms with van der Waals surface area (Å²) < 4.78 is 13.4. The number of unbranched alkanes of at least 4 members (excludes halogenated alkanes) is 1. The molecule has 0 spiro atoms. The molecule has 0 N–H and O–H groups in total. The predicted molar refractivity (Wildman–Crippen MR) is 55.7 cm³/mol. The standard InChI is InChI=1S/C12H17FO/c1-4-5-6-9-11(13)7-10(8(2)3)12(9)14/h4-7H2,1-3H3. The van der Waals surface area contributed by atoms with Gasteiger partial charge in [0.2, 0.25) is 0 Å². The number of carbonyl (C=O) groups excluding carboxylic acids is 1. The van der Waals surface area contributed by atoms with Crippen LogP contribution in [0.3, 0.4) is 0 Å². The Morgan fingerprint density at radius 1 is 1.43 bits per heavy atom. The Hall–Kier alpha value is -0.920. The van der Waals surface area contributed by atoms with Crippen molar-refractivity contribution >= 4 is 5.78 Å². The molecule has 0 aliphatic heterocycles. The number of hydrogen-bond acceptors (Lipinski definition) is 1. The van der Waals surface area contributed by atoms with Crippen LogP contribution in [0, 0.1) is 0 Å². The van der Waals surface area contributed by atoms with Crippen LogP contribution in [0.4, 0.5) is 4.39 Å². The third kappa shape index (κ3) is 2.11. The minimum Gasteiger partial charge on any atom is -0.289 e. The van der Waals surface area contributed by atoms with E-state index in [1.807, 2.05) is 20.8 Å². The molecule has 78 valence electrons. The van der Waals surface area contributed by atoms with Crippen molar-refractivity contribution in [1.29, 1.82) is 0 Å². The zero-order valence-electron chi connectivity index (χ0n) is 9.11. The minimum absolute atomic E-state index is 0.0593. The van der Waals surface area contributed by atoms with E-state index in [1.54, 1.807) is 0 Å². The highest BCUT2D eigenvalue weighted by Gasteiger charge is 2.28. The average molecular weight is 196 g/mol. The number of allylic oxidation sites excluding steroid dienone is 4. The summed E-state index contributed by atoms with van der Waals surface area (Å²) in [4.78, 5) is 11.7.